The molecule has 6 nitrogen and oxygen atoms in total. The first-order chi connectivity index (χ1) is 15.4. The first-order valence-corrected chi connectivity index (χ1v) is 11.3. The Morgan fingerprint density at radius 3 is 2.78 bits per heavy atom. The normalized spacial score (nSPS) is 14.6. The molecule has 0 unspecified atom stereocenters. The number of halogens is 1. The van der Waals surface area contributed by atoms with Crippen LogP contribution in [0, 0.1) is 0 Å². The van der Waals surface area contributed by atoms with Gasteiger partial charge < -0.3 is 14.8 Å². The summed E-state index contributed by atoms with van der Waals surface area (Å²) in [5, 5.41) is 3.25. The number of hydrogen-bond donors (Lipinski definition) is 1. The van der Waals surface area contributed by atoms with Crippen molar-refractivity contribution in [1.82, 2.24) is 4.90 Å². The molecule has 1 aliphatic heterocycles. The van der Waals surface area contributed by atoms with Gasteiger partial charge >= 0.3 is 0 Å². The SMILES string of the molecule is C=CCN1C(=O)/C(=C/c2ccc(OCC(=O)Nc3cccc(Cl)c3)c(OCC)c2)SC1=S. The fourth-order valence-electron chi connectivity index (χ4n) is 2.85. The highest BCUT2D eigenvalue weighted by Crippen LogP contribution is 2.34. The molecule has 1 heterocycles. The van der Waals surface area contributed by atoms with Gasteiger partial charge in [-0.05, 0) is 48.9 Å². The molecule has 1 aliphatic rings. The second-order valence-corrected chi connectivity index (χ2v) is 8.68. The summed E-state index contributed by atoms with van der Waals surface area (Å²) in [6.07, 6.45) is 3.39. The van der Waals surface area contributed by atoms with Gasteiger partial charge in [0.15, 0.2) is 18.1 Å². The van der Waals surface area contributed by atoms with E-state index in [4.69, 9.17) is 33.3 Å². The average Bonchev–Trinajstić information content (AvgIpc) is 3.01. The van der Waals surface area contributed by atoms with Crippen molar-refractivity contribution in [1.29, 1.82) is 0 Å². The zero-order chi connectivity index (χ0) is 23.1. The second kappa shape index (κ2) is 11.2. The molecular formula is C23H21ClN2O4S2. The largest absolute Gasteiger partial charge is 0.490 e. The summed E-state index contributed by atoms with van der Waals surface area (Å²) in [5.41, 5.74) is 1.34. The maximum atomic E-state index is 12.5. The third-order valence-corrected chi connectivity index (χ3v) is 5.83. The fraction of sp³-hybridized carbons (Fsp3) is 0.174. The predicted octanol–water partition coefficient (Wildman–Crippen LogP) is 5.14. The quantitative estimate of drug-likeness (QED) is 0.299. The minimum absolute atomic E-state index is 0.157. The Labute approximate surface area is 201 Å². The van der Waals surface area contributed by atoms with E-state index in [9.17, 15) is 9.59 Å². The van der Waals surface area contributed by atoms with E-state index in [1.54, 1.807) is 54.6 Å². The van der Waals surface area contributed by atoms with Crippen molar-refractivity contribution in [3.63, 3.8) is 0 Å². The maximum absolute atomic E-state index is 12.5. The molecule has 1 N–H and O–H groups in total. The van der Waals surface area contributed by atoms with Crippen LogP contribution in [0.5, 0.6) is 11.5 Å². The molecule has 0 aromatic heterocycles. The number of thioether (sulfide) groups is 1. The molecule has 2 aromatic carbocycles. The lowest BCUT2D eigenvalue weighted by Gasteiger charge is -2.13. The van der Waals surface area contributed by atoms with Crippen LogP contribution < -0.4 is 14.8 Å². The Balaban J connectivity index is 1.70. The number of amides is 2. The molecule has 3 rings (SSSR count). The molecular weight excluding hydrogens is 468 g/mol. The van der Waals surface area contributed by atoms with Crippen molar-refractivity contribution in [2.24, 2.45) is 0 Å². The predicted molar refractivity (Wildman–Crippen MR) is 133 cm³/mol. The Morgan fingerprint density at radius 2 is 2.06 bits per heavy atom. The number of nitrogens with one attached hydrogen (secondary N) is 1. The van der Waals surface area contributed by atoms with Crippen LogP contribution in [0.2, 0.25) is 5.02 Å². The summed E-state index contributed by atoms with van der Waals surface area (Å²) in [5.74, 6) is 0.406. The lowest BCUT2D eigenvalue weighted by molar-refractivity contribution is -0.121. The molecule has 2 amide bonds. The highest BCUT2D eigenvalue weighted by Gasteiger charge is 2.31. The standard InChI is InChI=1S/C23H21ClN2O4S2/c1-3-10-26-22(28)20(32-23(26)31)12-15-8-9-18(19(11-15)29-4-2)30-14-21(27)25-17-7-5-6-16(24)13-17/h3,5-9,11-13H,1,4,10,14H2,2H3,(H,25,27)/b20-12-. The van der Waals surface area contributed by atoms with Gasteiger partial charge in [0, 0.05) is 17.3 Å². The van der Waals surface area contributed by atoms with Gasteiger partial charge in [-0.1, -0.05) is 53.8 Å². The van der Waals surface area contributed by atoms with E-state index >= 15 is 0 Å². The molecule has 0 aliphatic carbocycles. The van der Waals surface area contributed by atoms with Gasteiger partial charge in [0.1, 0.15) is 4.32 Å². The van der Waals surface area contributed by atoms with Crippen molar-refractivity contribution in [2.45, 2.75) is 6.92 Å². The van der Waals surface area contributed by atoms with E-state index in [-0.39, 0.29) is 18.4 Å². The smallest absolute Gasteiger partial charge is 0.266 e. The topological polar surface area (TPSA) is 67.9 Å². The lowest BCUT2D eigenvalue weighted by atomic mass is 10.2. The number of rotatable bonds is 9. The summed E-state index contributed by atoms with van der Waals surface area (Å²) in [6.45, 7) is 6.09. The zero-order valence-electron chi connectivity index (χ0n) is 17.3. The van der Waals surface area contributed by atoms with Crippen molar-refractivity contribution < 1.29 is 19.1 Å². The summed E-state index contributed by atoms with van der Waals surface area (Å²) in [6, 6.07) is 12.1. The molecule has 166 valence electrons. The Kier molecular flexibility index (Phi) is 8.33. The molecule has 1 fully saturated rings. The van der Waals surface area contributed by atoms with Crippen molar-refractivity contribution >= 4 is 63.5 Å². The third kappa shape index (κ3) is 6.12. The molecule has 0 bridgehead atoms. The van der Waals surface area contributed by atoms with Gasteiger partial charge in [-0.3, -0.25) is 14.5 Å². The first-order valence-electron chi connectivity index (χ1n) is 9.72. The van der Waals surface area contributed by atoms with Crippen LogP contribution in [-0.4, -0.2) is 40.8 Å². The second-order valence-electron chi connectivity index (χ2n) is 6.57. The monoisotopic (exact) mass is 488 g/mol. The van der Waals surface area contributed by atoms with Crippen LogP contribution >= 0.6 is 35.6 Å². The van der Waals surface area contributed by atoms with Crippen LogP contribution in [-0.2, 0) is 9.59 Å². The summed E-state index contributed by atoms with van der Waals surface area (Å²) in [4.78, 5) is 26.8. The van der Waals surface area contributed by atoms with Crippen LogP contribution in [0.15, 0.2) is 60.0 Å². The molecule has 1 saturated heterocycles. The van der Waals surface area contributed by atoms with Gasteiger partial charge in [0.2, 0.25) is 0 Å². The van der Waals surface area contributed by atoms with Crippen LogP contribution in [0.25, 0.3) is 6.08 Å². The third-order valence-electron chi connectivity index (χ3n) is 4.22. The molecule has 32 heavy (non-hydrogen) atoms. The van der Waals surface area contributed by atoms with E-state index in [0.29, 0.717) is 44.6 Å². The number of anilines is 1. The maximum Gasteiger partial charge on any atom is 0.266 e. The molecule has 0 atom stereocenters. The van der Waals surface area contributed by atoms with E-state index in [2.05, 4.69) is 11.9 Å². The first kappa shape index (κ1) is 23.8. The lowest BCUT2D eigenvalue weighted by Crippen LogP contribution is -2.27. The number of benzene rings is 2. The number of nitrogens with zero attached hydrogens (tertiary/aromatic N) is 1. The number of thiocarbonyl (C=S) groups is 1. The highest BCUT2D eigenvalue weighted by molar-refractivity contribution is 8.26. The van der Waals surface area contributed by atoms with Crippen molar-refractivity contribution in [2.75, 3.05) is 25.1 Å². The molecule has 0 spiro atoms. The van der Waals surface area contributed by atoms with Gasteiger partial charge in [0.05, 0.1) is 11.5 Å². The van der Waals surface area contributed by atoms with E-state index in [1.165, 1.54) is 16.7 Å². The Bertz CT molecular complexity index is 1090. The molecule has 0 radical (unpaired) electrons. The number of carbonyl (C=O) groups excluding carboxylic acids is 2. The fourth-order valence-corrected chi connectivity index (χ4v) is 4.31. The van der Waals surface area contributed by atoms with Crippen molar-refractivity contribution in [3.05, 3.63) is 70.6 Å². The number of hydrogen-bond acceptors (Lipinski definition) is 6. The number of carbonyl (C=O) groups is 2. The summed E-state index contributed by atoms with van der Waals surface area (Å²) in [7, 11) is 0. The van der Waals surface area contributed by atoms with E-state index < -0.39 is 0 Å². The van der Waals surface area contributed by atoms with Crippen LogP contribution in [0.4, 0.5) is 5.69 Å². The minimum atomic E-state index is -0.329. The van der Waals surface area contributed by atoms with Gasteiger partial charge in [-0.2, -0.15) is 0 Å². The Morgan fingerprint density at radius 1 is 1.25 bits per heavy atom. The van der Waals surface area contributed by atoms with E-state index in [1.807, 2.05) is 6.92 Å². The van der Waals surface area contributed by atoms with Crippen molar-refractivity contribution in [3.8, 4) is 11.5 Å². The summed E-state index contributed by atoms with van der Waals surface area (Å²) >= 11 is 12.4. The molecule has 0 saturated carbocycles. The average molecular weight is 489 g/mol. The van der Waals surface area contributed by atoms with E-state index in [0.717, 1.165) is 5.56 Å². The highest BCUT2D eigenvalue weighted by atomic mass is 35.5. The van der Waals surface area contributed by atoms with Crippen LogP contribution in [0.1, 0.15) is 12.5 Å². The summed E-state index contributed by atoms with van der Waals surface area (Å²) < 4.78 is 11.8. The van der Waals surface area contributed by atoms with Gasteiger partial charge in [0.25, 0.3) is 11.8 Å². The minimum Gasteiger partial charge on any atom is -0.490 e. The number of ether oxygens (including phenoxy) is 2. The zero-order valence-corrected chi connectivity index (χ0v) is 19.7. The van der Waals surface area contributed by atoms with Gasteiger partial charge in [-0.25, -0.2) is 0 Å². The molecule has 2 aromatic rings. The molecule has 9 heteroatoms. The van der Waals surface area contributed by atoms with Gasteiger partial charge in [-0.15, -0.1) is 6.58 Å². The Hall–Kier alpha value is -2.81. The van der Waals surface area contributed by atoms with Crippen LogP contribution in [0.3, 0.4) is 0 Å².